The van der Waals surface area contributed by atoms with Crippen molar-refractivity contribution in [1.29, 1.82) is 0 Å². The maximum absolute atomic E-state index is 11.3. The smallest absolute Gasteiger partial charge is 0.238 e. The minimum atomic E-state index is -3.71. The maximum Gasteiger partial charge on any atom is 0.238 e. The van der Waals surface area contributed by atoms with E-state index >= 15 is 0 Å². The fraction of sp³-hybridized carbons (Fsp3) is 0.500. The highest BCUT2D eigenvalue weighted by Gasteiger charge is 2.21. The Kier molecular flexibility index (Phi) is 3.49. The van der Waals surface area contributed by atoms with Crippen molar-refractivity contribution in [3.63, 3.8) is 0 Å². The van der Waals surface area contributed by atoms with Crippen molar-refractivity contribution >= 4 is 21.4 Å². The summed E-state index contributed by atoms with van der Waals surface area (Å²) in [6, 6.07) is 5.03. The van der Waals surface area contributed by atoms with E-state index in [0.717, 1.165) is 18.5 Å². The van der Waals surface area contributed by atoms with Gasteiger partial charge in [-0.1, -0.05) is 6.92 Å². The van der Waals surface area contributed by atoms with Crippen molar-refractivity contribution < 1.29 is 8.42 Å². The zero-order valence-electron chi connectivity index (χ0n) is 10.4. The van der Waals surface area contributed by atoms with Crippen molar-refractivity contribution in [1.82, 2.24) is 0 Å². The van der Waals surface area contributed by atoms with Crippen LogP contribution in [-0.2, 0) is 10.0 Å². The number of nitrogens with one attached hydrogen (secondary N) is 1. The highest BCUT2D eigenvalue weighted by atomic mass is 32.2. The predicted molar refractivity (Wildman–Crippen MR) is 72.7 cm³/mol. The molecule has 5 nitrogen and oxygen atoms in total. The molecule has 18 heavy (non-hydrogen) atoms. The van der Waals surface area contributed by atoms with Crippen molar-refractivity contribution in [2.24, 2.45) is 11.1 Å². The summed E-state index contributed by atoms with van der Waals surface area (Å²) in [5.74, 6) is 0.710. The Hall–Kier alpha value is -1.27. The number of primary sulfonamides is 1. The molecule has 5 N–H and O–H groups in total. The van der Waals surface area contributed by atoms with E-state index in [1.165, 1.54) is 18.6 Å². The summed E-state index contributed by atoms with van der Waals surface area (Å²) in [4.78, 5) is 0.0519. The monoisotopic (exact) mass is 269 g/mol. The summed E-state index contributed by atoms with van der Waals surface area (Å²) in [7, 11) is -3.71. The Morgan fingerprint density at radius 1 is 1.28 bits per heavy atom. The molecule has 0 amide bonds. The van der Waals surface area contributed by atoms with Crippen molar-refractivity contribution in [2.45, 2.75) is 37.1 Å². The predicted octanol–water partition coefficient (Wildman–Crippen LogP) is 1.52. The average Bonchev–Trinajstić information content (AvgIpc) is 2.61. The van der Waals surface area contributed by atoms with Crippen LogP contribution in [0.25, 0.3) is 0 Å². The molecule has 0 saturated heterocycles. The number of anilines is 2. The van der Waals surface area contributed by atoms with Crippen LogP contribution < -0.4 is 16.2 Å². The third kappa shape index (κ3) is 3.14. The number of nitrogen functional groups attached to an aromatic ring is 1. The molecule has 0 radical (unpaired) electrons. The standard InChI is InChI=1S/C12H19N3O2S/c1-8-2-3-10(4-8)15-11-5-9(13)6-12(7-11)18(14,16)17/h5-8,10,15H,2-4,13H2,1H3,(H2,14,16,17). The quantitative estimate of drug-likeness (QED) is 0.724. The van der Waals surface area contributed by atoms with Gasteiger partial charge in [0, 0.05) is 17.4 Å². The molecular formula is C12H19N3O2S. The second-order valence-corrected chi connectivity index (χ2v) is 6.66. The van der Waals surface area contributed by atoms with E-state index in [-0.39, 0.29) is 4.90 Å². The number of hydrogen-bond donors (Lipinski definition) is 3. The maximum atomic E-state index is 11.3. The molecular weight excluding hydrogens is 250 g/mol. The molecule has 2 unspecified atom stereocenters. The van der Waals surface area contributed by atoms with Gasteiger partial charge in [-0.05, 0) is 43.4 Å². The molecule has 0 heterocycles. The molecule has 1 fully saturated rings. The number of nitrogens with two attached hydrogens (primary N) is 2. The van der Waals surface area contributed by atoms with Crippen LogP contribution in [0.5, 0.6) is 0 Å². The molecule has 1 saturated carbocycles. The lowest BCUT2D eigenvalue weighted by Gasteiger charge is -2.15. The fourth-order valence-electron chi connectivity index (χ4n) is 2.44. The molecule has 0 aromatic heterocycles. The number of rotatable bonds is 3. The van der Waals surface area contributed by atoms with E-state index in [9.17, 15) is 8.42 Å². The molecule has 0 bridgehead atoms. The molecule has 0 aliphatic heterocycles. The number of hydrogen-bond acceptors (Lipinski definition) is 4. The van der Waals surface area contributed by atoms with E-state index < -0.39 is 10.0 Å². The third-order valence-corrected chi connectivity index (χ3v) is 4.22. The minimum absolute atomic E-state index is 0.0519. The summed E-state index contributed by atoms with van der Waals surface area (Å²) in [6.07, 6.45) is 3.39. The molecule has 2 atom stereocenters. The summed E-state index contributed by atoms with van der Waals surface area (Å²) >= 11 is 0. The Bertz CT molecular complexity index is 542. The van der Waals surface area contributed by atoms with E-state index in [1.807, 2.05) is 0 Å². The van der Waals surface area contributed by atoms with Gasteiger partial charge in [-0.15, -0.1) is 0 Å². The van der Waals surface area contributed by atoms with Crippen molar-refractivity contribution in [3.8, 4) is 0 Å². The molecule has 1 aliphatic rings. The van der Waals surface area contributed by atoms with E-state index in [1.54, 1.807) is 6.07 Å². The molecule has 1 aliphatic carbocycles. The summed E-state index contributed by atoms with van der Waals surface area (Å²) in [6.45, 7) is 2.22. The van der Waals surface area contributed by atoms with Crippen LogP contribution >= 0.6 is 0 Å². The van der Waals surface area contributed by atoms with Gasteiger partial charge >= 0.3 is 0 Å². The molecule has 1 aromatic carbocycles. The molecule has 1 aromatic rings. The SMILES string of the molecule is CC1CCC(Nc2cc(N)cc(S(N)(=O)=O)c2)C1. The average molecular weight is 269 g/mol. The van der Waals surface area contributed by atoms with Gasteiger partial charge in [0.25, 0.3) is 0 Å². The summed E-state index contributed by atoms with van der Waals surface area (Å²) in [5, 5.41) is 8.44. The van der Waals surface area contributed by atoms with Gasteiger partial charge in [0.15, 0.2) is 0 Å². The largest absolute Gasteiger partial charge is 0.399 e. The zero-order chi connectivity index (χ0) is 13.3. The fourth-order valence-corrected chi connectivity index (χ4v) is 3.04. The zero-order valence-corrected chi connectivity index (χ0v) is 11.2. The first-order chi connectivity index (χ1) is 8.34. The van der Waals surface area contributed by atoms with Crippen LogP contribution in [0.1, 0.15) is 26.2 Å². The Morgan fingerprint density at radius 2 is 2.00 bits per heavy atom. The van der Waals surface area contributed by atoms with Crippen LogP contribution in [0.2, 0.25) is 0 Å². The number of sulfonamides is 1. The van der Waals surface area contributed by atoms with Gasteiger partial charge in [0.2, 0.25) is 10.0 Å². The molecule has 100 valence electrons. The topological polar surface area (TPSA) is 98.2 Å². The first-order valence-electron chi connectivity index (χ1n) is 6.04. The van der Waals surface area contributed by atoms with Crippen molar-refractivity contribution in [3.05, 3.63) is 18.2 Å². The van der Waals surface area contributed by atoms with Gasteiger partial charge < -0.3 is 11.1 Å². The van der Waals surface area contributed by atoms with Gasteiger partial charge in [-0.3, -0.25) is 0 Å². The second kappa shape index (κ2) is 4.78. The molecule has 2 rings (SSSR count). The first-order valence-corrected chi connectivity index (χ1v) is 7.59. The summed E-state index contributed by atoms with van der Waals surface area (Å²) < 4.78 is 22.6. The third-order valence-electron chi connectivity index (χ3n) is 3.32. The first kappa shape index (κ1) is 13.2. The van der Waals surface area contributed by atoms with Crippen molar-refractivity contribution in [2.75, 3.05) is 11.1 Å². The van der Waals surface area contributed by atoms with Gasteiger partial charge in [-0.25, -0.2) is 13.6 Å². The van der Waals surface area contributed by atoms with Crippen LogP contribution in [0.15, 0.2) is 23.1 Å². The lowest BCUT2D eigenvalue weighted by atomic mass is 10.1. The Labute approximate surface area is 108 Å². The van der Waals surface area contributed by atoms with Gasteiger partial charge in [0.1, 0.15) is 0 Å². The Morgan fingerprint density at radius 3 is 2.56 bits per heavy atom. The van der Waals surface area contributed by atoms with Gasteiger partial charge in [0.05, 0.1) is 4.90 Å². The molecule has 0 spiro atoms. The minimum Gasteiger partial charge on any atom is -0.399 e. The highest BCUT2D eigenvalue weighted by Crippen LogP contribution is 2.28. The van der Waals surface area contributed by atoms with Crippen LogP contribution in [-0.4, -0.2) is 14.5 Å². The lowest BCUT2D eigenvalue weighted by molar-refractivity contribution is 0.597. The van der Waals surface area contributed by atoms with E-state index in [0.29, 0.717) is 17.6 Å². The van der Waals surface area contributed by atoms with Crippen LogP contribution in [0.4, 0.5) is 11.4 Å². The van der Waals surface area contributed by atoms with E-state index in [4.69, 9.17) is 10.9 Å². The van der Waals surface area contributed by atoms with E-state index in [2.05, 4.69) is 12.2 Å². The summed E-state index contributed by atoms with van der Waals surface area (Å²) in [5.41, 5.74) is 6.82. The van der Waals surface area contributed by atoms with Crippen LogP contribution in [0, 0.1) is 5.92 Å². The second-order valence-electron chi connectivity index (χ2n) is 5.10. The Balaban J connectivity index is 2.21. The molecule has 6 heteroatoms. The highest BCUT2D eigenvalue weighted by molar-refractivity contribution is 7.89. The normalized spacial score (nSPS) is 24.1. The van der Waals surface area contributed by atoms with Gasteiger partial charge in [-0.2, -0.15) is 0 Å². The van der Waals surface area contributed by atoms with Crippen LogP contribution in [0.3, 0.4) is 0 Å². The number of benzene rings is 1. The lowest BCUT2D eigenvalue weighted by Crippen LogP contribution is -2.17.